The fraction of sp³-hybridized carbons (Fsp3) is 0.429. The van der Waals surface area contributed by atoms with Crippen molar-refractivity contribution in [3.8, 4) is 0 Å². The van der Waals surface area contributed by atoms with Gasteiger partial charge in [0.15, 0.2) is 12.2 Å². The number of hydrogen-bond acceptors (Lipinski definition) is 3. The number of nitrogens with one attached hydrogen (secondary N) is 1. The lowest BCUT2D eigenvalue weighted by atomic mass is 10.1. The Morgan fingerprint density at radius 2 is 1.95 bits per heavy atom. The molecule has 1 aliphatic heterocycles. The number of unbranched alkanes of at least 4 members (excludes halogenated alkanes) is 1. The van der Waals surface area contributed by atoms with Crippen LogP contribution in [0.1, 0.15) is 25.3 Å². The number of nitrogens with two attached hydrogens (primary N) is 1. The van der Waals surface area contributed by atoms with Gasteiger partial charge >= 0.3 is 0 Å². The molecule has 1 saturated heterocycles. The van der Waals surface area contributed by atoms with E-state index >= 15 is 0 Å². The molecule has 1 aliphatic rings. The lowest BCUT2D eigenvalue weighted by Crippen LogP contribution is -2.26. The van der Waals surface area contributed by atoms with E-state index in [1.54, 1.807) is 0 Å². The summed E-state index contributed by atoms with van der Waals surface area (Å²) in [6.07, 6.45) is 1.84. The van der Waals surface area contributed by atoms with Crippen molar-refractivity contribution in [2.45, 2.75) is 38.4 Å². The third-order valence-corrected chi connectivity index (χ3v) is 3.07. The zero-order valence-corrected chi connectivity index (χ0v) is 10.9. The quantitative estimate of drug-likeness (QED) is 0.756. The summed E-state index contributed by atoms with van der Waals surface area (Å²) in [6.45, 7) is 2.15. The fourth-order valence-corrected chi connectivity index (χ4v) is 1.88. The number of epoxide rings is 1. The minimum atomic E-state index is -0.774. The Morgan fingerprint density at radius 1 is 1.26 bits per heavy atom. The highest BCUT2D eigenvalue weighted by atomic mass is 16.6. The van der Waals surface area contributed by atoms with Crippen LogP contribution in [0, 0.1) is 0 Å². The highest BCUT2D eigenvalue weighted by molar-refractivity contribution is 6.01. The molecule has 1 aromatic rings. The predicted molar refractivity (Wildman–Crippen MR) is 71.5 cm³/mol. The summed E-state index contributed by atoms with van der Waals surface area (Å²) in [5, 5.41) is 2.70. The molecule has 0 radical (unpaired) electrons. The monoisotopic (exact) mass is 262 g/mol. The van der Waals surface area contributed by atoms with Gasteiger partial charge in [0.25, 0.3) is 5.91 Å². The zero-order valence-electron chi connectivity index (χ0n) is 10.9. The highest BCUT2D eigenvalue weighted by Crippen LogP contribution is 2.23. The number of hydrogen-bond donors (Lipinski definition) is 2. The van der Waals surface area contributed by atoms with E-state index in [-0.39, 0.29) is 5.91 Å². The van der Waals surface area contributed by atoms with Crippen molar-refractivity contribution in [2.75, 3.05) is 5.32 Å². The molecule has 3 N–H and O–H groups in total. The normalized spacial score (nSPS) is 20.9. The molecular weight excluding hydrogens is 244 g/mol. The molecule has 102 valence electrons. The average molecular weight is 262 g/mol. The summed E-state index contributed by atoms with van der Waals surface area (Å²) >= 11 is 0. The minimum Gasteiger partial charge on any atom is -0.367 e. The fourth-order valence-electron chi connectivity index (χ4n) is 1.88. The molecule has 0 bridgehead atoms. The van der Waals surface area contributed by atoms with Crippen LogP contribution in [0.3, 0.4) is 0 Å². The number of carbonyl (C=O) groups is 2. The Hall–Kier alpha value is -1.88. The first-order valence-corrected chi connectivity index (χ1v) is 6.46. The maximum absolute atomic E-state index is 11.7. The van der Waals surface area contributed by atoms with Gasteiger partial charge in [-0.3, -0.25) is 9.59 Å². The van der Waals surface area contributed by atoms with Gasteiger partial charge in [0.2, 0.25) is 5.91 Å². The molecular formula is C14H18N2O3. The Kier molecular flexibility index (Phi) is 4.16. The zero-order chi connectivity index (χ0) is 13.8. The van der Waals surface area contributed by atoms with Crippen molar-refractivity contribution in [3.63, 3.8) is 0 Å². The maximum atomic E-state index is 11.7. The molecule has 0 aliphatic carbocycles. The number of anilines is 1. The van der Waals surface area contributed by atoms with Crippen LogP contribution >= 0.6 is 0 Å². The average Bonchev–Trinajstić information content (AvgIpc) is 3.18. The highest BCUT2D eigenvalue weighted by Gasteiger charge is 2.49. The van der Waals surface area contributed by atoms with E-state index < -0.39 is 18.1 Å². The van der Waals surface area contributed by atoms with Crippen molar-refractivity contribution in [2.24, 2.45) is 5.73 Å². The molecule has 2 unspecified atom stereocenters. The van der Waals surface area contributed by atoms with Crippen LogP contribution in [0.4, 0.5) is 5.69 Å². The lowest BCUT2D eigenvalue weighted by Gasteiger charge is -2.05. The third-order valence-electron chi connectivity index (χ3n) is 3.07. The Bertz CT molecular complexity index is 470. The molecule has 5 heteroatoms. The van der Waals surface area contributed by atoms with Crippen LogP contribution in [0.15, 0.2) is 24.3 Å². The van der Waals surface area contributed by atoms with E-state index in [0.29, 0.717) is 5.69 Å². The first-order valence-electron chi connectivity index (χ1n) is 6.46. The Labute approximate surface area is 112 Å². The standard InChI is InChI=1S/C14H18N2O3/c1-2-3-4-9-5-7-10(8-6-9)16-14(18)12-11(19-12)13(15)17/h5-8,11-12H,2-4H2,1H3,(H2,15,17)(H,16,18). The second-order valence-electron chi connectivity index (χ2n) is 4.67. The van der Waals surface area contributed by atoms with Crippen molar-refractivity contribution in [1.29, 1.82) is 0 Å². The number of primary amides is 1. The Morgan fingerprint density at radius 3 is 2.47 bits per heavy atom. The van der Waals surface area contributed by atoms with Gasteiger partial charge in [0, 0.05) is 5.69 Å². The molecule has 2 rings (SSSR count). The smallest absolute Gasteiger partial charge is 0.256 e. The molecule has 5 nitrogen and oxygen atoms in total. The number of amides is 2. The Balaban J connectivity index is 1.86. The van der Waals surface area contributed by atoms with E-state index in [2.05, 4.69) is 12.2 Å². The van der Waals surface area contributed by atoms with E-state index in [9.17, 15) is 9.59 Å². The minimum absolute atomic E-state index is 0.329. The van der Waals surface area contributed by atoms with Gasteiger partial charge in [-0.05, 0) is 30.5 Å². The molecule has 2 amide bonds. The summed E-state index contributed by atoms with van der Waals surface area (Å²) in [5.41, 5.74) is 6.99. The number of ether oxygens (including phenoxy) is 1. The topological polar surface area (TPSA) is 84.7 Å². The van der Waals surface area contributed by atoms with Gasteiger partial charge in [-0.2, -0.15) is 0 Å². The summed E-state index contributed by atoms with van der Waals surface area (Å²) in [6, 6.07) is 7.68. The number of rotatable bonds is 6. The molecule has 2 atom stereocenters. The number of carbonyl (C=O) groups excluding carboxylic acids is 2. The number of aryl methyl sites for hydroxylation is 1. The molecule has 0 aromatic heterocycles. The first kappa shape index (κ1) is 13.5. The largest absolute Gasteiger partial charge is 0.367 e. The van der Waals surface area contributed by atoms with Crippen LogP contribution in [0.2, 0.25) is 0 Å². The molecule has 19 heavy (non-hydrogen) atoms. The van der Waals surface area contributed by atoms with E-state index in [1.807, 2.05) is 24.3 Å². The maximum Gasteiger partial charge on any atom is 0.256 e. The van der Waals surface area contributed by atoms with Gasteiger partial charge in [0.1, 0.15) is 0 Å². The summed E-state index contributed by atoms with van der Waals surface area (Å²) in [4.78, 5) is 22.5. The van der Waals surface area contributed by atoms with Gasteiger partial charge in [-0.15, -0.1) is 0 Å². The van der Waals surface area contributed by atoms with Crippen LogP contribution < -0.4 is 11.1 Å². The van der Waals surface area contributed by atoms with Gasteiger partial charge in [-0.25, -0.2) is 0 Å². The molecule has 1 fully saturated rings. The predicted octanol–water partition coefficient (Wildman–Crippen LogP) is 1.22. The van der Waals surface area contributed by atoms with Gasteiger partial charge in [0.05, 0.1) is 0 Å². The van der Waals surface area contributed by atoms with E-state index in [1.165, 1.54) is 5.56 Å². The van der Waals surface area contributed by atoms with Crippen molar-refractivity contribution >= 4 is 17.5 Å². The van der Waals surface area contributed by atoms with Gasteiger partial charge in [-0.1, -0.05) is 25.5 Å². The summed E-state index contributed by atoms with van der Waals surface area (Å²) in [5.74, 6) is -0.930. The lowest BCUT2D eigenvalue weighted by molar-refractivity contribution is -0.120. The summed E-state index contributed by atoms with van der Waals surface area (Å²) in [7, 11) is 0. The third kappa shape index (κ3) is 3.54. The number of benzene rings is 1. The van der Waals surface area contributed by atoms with Gasteiger partial charge < -0.3 is 15.8 Å². The van der Waals surface area contributed by atoms with Crippen LogP contribution in [-0.2, 0) is 20.7 Å². The molecule has 1 aromatic carbocycles. The SMILES string of the molecule is CCCCc1ccc(NC(=O)C2OC2C(N)=O)cc1. The van der Waals surface area contributed by atoms with Crippen LogP contribution in [0.25, 0.3) is 0 Å². The molecule has 0 saturated carbocycles. The van der Waals surface area contributed by atoms with Crippen molar-refractivity contribution in [1.82, 2.24) is 0 Å². The van der Waals surface area contributed by atoms with E-state index in [0.717, 1.165) is 19.3 Å². The van der Waals surface area contributed by atoms with Crippen molar-refractivity contribution in [3.05, 3.63) is 29.8 Å². The second kappa shape index (κ2) is 5.84. The van der Waals surface area contributed by atoms with Crippen LogP contribution in [-0.4, -0.2) is 24.0 Å². The summed E-state index contributed by atoms with van der Waals surface area (Å²) < 4.78 is 4.90. The second-order valence-corrected chi connectivity index (χ2v) is 4.67. The molecule has 1 heterocycles. The molecule has 0 spiro atoms. The first-order chi connectivity index (χ1) is 9.11. The van der Waals surface area contributed by atoms with E-state index in [4.69, 9.17) is 10.5 Å². The van der Waals surface area contributed by atoms with Crippen molar-refractivity contribution < 1.29 is 14.3 Å². The van der Waals surface area contributed by atoms with Crippen LogP contribution in [0.5, 0.6) is 0 Å².